The summed E-state index contributed by atoms with van der Waals surface area (Å²) in [4.78, 5) is 0. The van der Waals surface area contributed by atoms with Crippen LogP contribution in [0, 0.1) is 0 Å². The second-order valence-electron chi connectivity index (χ2n) is 0.970. The van der Waals surface area contributed by atoms with Crippen LogP contribution in [-0.4, -0.2) is 33.3 Å². The molecule has 5 N–H and O–H groups in total. The molecular weight excluding hydrogens is 102 g/mol. The van der Waals surface area contributed by atoms with Crippen molar-refractivity contribution in [1.82, 2.24) is 5.32 Å². The molecule has 0 aliphatic heterocycles. The third-order valence-electron chi connectivity index (χ3n) is 0.316. The topological polar surface area (TPSA) is 93.0 Å². The third kappa shape index (κ3) is 5.80. The summed E-state index contributed by atoms with van der Waals surface area (Å²) in [6, 6.07) is 0. The Kier molecular flexibility index (Phi) is 2.13. The molecule has 0 radical (unpaired) electrons. The van der Waals surface area contributed by atoms with Gasteiger partial charge in [-0.3, -0.25) is 0 Å². The molecule has 0 amide bonds. The summed E-state index contributed by atoms with van der Waals surface area (Å²) in [5.41, 5.74) is 0. The van der Waals surface area contributed by atoms with Crippen LogP contribution in [0.3, 0.4) is 0 Å². The van der Waals surface area contributed by atoms with Gasteiger partial charge in [-0.05, 0) is 0 Å². The van der Waals surface area contributed by atoms with Crippen molar-refractivity contribution in [3.63, 3.8) is 0 Å². The maximum atomic E-state index is 7.86. The highest BCUT2D eigenvalue weighted by atomic mass is 16.7. The van der Waals surface area contributed by atoms with Crippen molar-refractivity contribution in [2.75, 3.05) is 6.73 Å². The van der Waals surface area contributed by atoms with Crippen LogP contribution in [0.4, 0.5) is 0 Å². The van der Waals surface area contributed by atoms with Crippen LogP contribution < -0.4 is 5.32 Å². The van der Waals surface area contributed by atoms with E-state index in [1.807, 2.05) is 0 Å². The van der Waals surface area contributed by atoms with Gasteiger partial charge in [0.1, 0.15) is 0 Å². The van der Waals surface area contributed by atoms with E-state index in [2.05, 4.69) is 0 Å². The molecule has 0 aliphatic rings. The van der Waals surface area contributed by atoms with Crippen LogP contribution >= 0.6 is 0 Å². The van der Waals surface area contributed by atoms with E-state index in [1.54, 1.807) is 0 Å². The first kappa shape index (κ1) is 6.80. The molecular formula is C2H7NO4. The van der Waals surface area contributed by atoms with Crippen molar-refractivity contribution >= 4 is 0 Å². The largest absolute Gasteiger partial charge is 0.381 e. The number of aliphatic hydroxyl groups is 4. The number of nitrogens with one attached hydrogen (secondary N) is 1. The SMILES string of the molecule is OCNC(O)(O)O. The fraction of sp³-hybridized carbons (Fsp3) is 1.00. The lowest BCUT2D eigenvalue weighted by atomic mass is 10.9. The Morgan fingerprint density at radius 2 is 1.71 bits per heavy atom. The van der Waals surface area contributed by atoms with E-state index >= 15 is 0 Å². The van der Waals surface area contributed by atoms with E-state index in [9.17, 15) is 0 Å². The molecule has 0 heterocycles. The molecule has 0 spiro atoms. The van der Waals surface area contributed by atoms with Crippen LogP contribution in [0.1, 0.15) is 0 Å². The van der Waals surface area contributed by atoms with Crippen LogP contribution in [0.2, 0.25) is 0 Å². The molecule has 0 aromatic heterocycles. The molecule has 0 rings (SSSR count). The van der Waals surface area contributed by atoms with Crippen LogP contribution in [0.15, 0.2) is 0 Å². The van der Waals surface area contributed by atoms with Gasteiger partial charge in [0.05, 0.1) is 6.73 Å². The lowest BCUT2D eigenvalue weighted by Crippen LogP contribution is -2.45. The van der Waals surface area contributed by atoms with Gasteiger partial charge in [-0.1, -0.05) is 0 Å². The minimum atomic E-state index is -2.95. The average molecular weight is 109 g/mol. The fourth-order valence-corrected chi connectivity index (χ4v) is 0.106. The quantitative estimate of drug-likeness (QED) is 0.245. The zero-order valence-corrected chi connectivity index (χ0v) is 3.50. The van der Waals surface area contributed by atoms with E-state index < -0.39 is 12.8 Å². The molecule has 0 atom stereocenters. The van der Waals surface area contributed by atoms with Gasteiger partial charge in [-0.15, -0.1) is 0 Å². The van der Waals surface area contributed by atoms with Crippen molar-refractivity contribution in [2.24, 2.45) is 0 Å². The Morgan fingerprint density at radius 1 is 1.29 bits per heavy atom. The molecule has 0 unspecified atom stereocenters. The maximum Gasteiger partial charge on any atom is 0.344 e. The predicted molar refractivity (Wildman–Crippen MR) is 19.6 cm³/mol. The summed E-state index contributed by atoms with van der Waals surface area (Å²) in [6.45, 7) is -0.691. The zero-order valence-electron chi connectivity index (χ0n) is 3.50. The maximum absolute atomic E-state index is 7.86. The second-order valence-corrected chi connectivity index (χ2v) is 0.970. The van der Waals surface area contributed by atoms with Gasteiger partial charge in [-0.2, -0.15) is 0 Å². The second kappa shape index (κ2) is 2.20. The lowest BCUT2D eigenvalue weighted by molar-refractivity contribution is -0.335. The fourth-order valence-electron chi connectivity index (χ4n) is 0.106. The molecule has 0 aromatic rings. The van der Waals surface area contributed by atoms with Gasteiger partial charge >= 0.3 is 6.10 Å². The van der Waals surface area contributed by atoms with Gasteiger partial charge in [0.25, 0.3) is 0 Å². The molecule has 0 aliphatic carbocycles. The molecule has 0 saturated carbocycles. The highest BCUT2D eigenvalue weighted by molar-refractivity contribution is 4.32. The van der Waals surface area contributed by atoms with Crippen molar-refractivity contribution in [3.8, 4) is 0 Å². The number of hydrogen-bond donors (Lipinski definition) is 5. The number of hydrogen-bond acceptors (Lipinski definition) is 5. The van der Waals surface area contributed by atoms with E-state index in [4.69, 9.17) is 20.4 Å². The predicted octanol–water partition coefficient (Wildman–Crippen LogP) is -2.89. The Morgan fingerprint density at radius 3 is 1.71 bits per heavy atom. The molecule has 0 aromatic carbocycles. The van der Waals surface area contributed by atoms with E-state index in [0.29, 0.717) is 0 Å². The number of aliphatic hydroxyl groups excluding tert-OH is 1. The standard InChI is InChI=1S/C2H7NO4/c4-1-3-2(5,6)7/h3-7H,1H2. The van der Waals surface area contributed by atoms with Gasteiger partial charge in [0, 0.05) is 0 Å². The molecule has 5 heteroatoms. The summed E-state index contributed by atoms with van der Waals surface area (Å²) in [5, 5.41) is 32.9. The minimum absolute atomic E-state index is 0.691. The molecule has 0 saturated heterocycles. The highest BCUT2D eigenvalue weighted by Gasteiger charge is 2.14. The van der Waals surface area contributed by atoms with Crippen molar-refractivity contribution in [1.29, 1.82) is 0 Å². The van der Waals surface area contributed by atoms with Gasteiger partial charge < -0.3 is 20.4 Å². The summed E-state index contributed by atoms with van der Waals surface area (Å²) in [7, 11) is 0. The Hall–Kier alpha value is -0.200. The lowest BCUT2D eigenvalue weighted by Gasteiger charge is -2.11. The Balaban J connectivity index is 3.15. The molecule has 0 fully saturated rings. The summed E-state index contributed by atoms with van der Waals surface area (Å²) < 4.78 is 0. The number of rotatable bonds is 2. The van der Waals surface area contributed by atoms with E-state index in [0.717, 1.165) is 0 Å². The van der Waals surface area contributed by atoms with E-state index in [1.165, 1.54) is 5.32 Å². The van der Waals surface area contributed by atoms with Gasteiger partial charge in [0.15, 0.2) is 0 Å². The minimum Gasteiger partial charge on any atom is -0.381 e. The van der Waals surface area contributed by atoms with E-state index in [-0.39, 0.29) is 0 Å². The zero-order chi connectivity index (χ0) is 5.91. The van der Waals surface area contributed by atoms with Crippen LogP contribution in [0.5, 0.6) is 0 Å². The Labute approximate surface area is 39.8 Å². The van der Waals surface area contributed by atoms with Gasteiger partial charge in [0.2, 0.25) is 0 Å². The molecule has 0 bridgehead atoms. The monoisotopic (exact) mass is 109 g/mol. The molecule has 5 nitrogen and oxygen atoms in total. The van der Waals surface area contributed by atoms with Crippen molar-refractivity contribution < 1.29 is 20.4 Å². The summed E-state index contributed by atoms with van der Waals surface area (Å²) in [5.74, 6) is 0. The van der Waals surface area contributed by atoms with Gasteiger partial charge in [-0.25, -0.2) is 5.32 Å². The highest BCUT2D eigenvalue weighted by Crippen LogP contribution is 1.79. The first-order chi connectivity index (χ1) is 3.06. The Bertz CT molecular complexity index is 48.1. The van der Waals surface area contributed by atoms with Crippen molar-refractivity contribution in [3.05, 3.63) is 0 Å². The van der Waals surface area contributed by atoms with Crippen molar-refractivity contribution in [2.45, 2.75) is 6.10 Å². The smallest absolute Gasteiger partial charge is 0.344 e. The third-order valence-corrected chi connectivity index (χ3v) is 0.316. The van der Waals surface area contributed by atoms with Crippen LogP contribution in [0.25, 0.3) is 0 Å². The normalized spacial score (nSPS) is 12.0. The first-order valence-corrected chi connectivity index (χ1v) is 1.59. The summed E-state index contributed by atoms with van der Waals surface area (Å²) in [6.07, 6.45) is -2.95. The van der Waals surface area contributed by atoms with Crippen LogP contribution in [-0.2, 0) is 0 Å². The molecule has 7 heavy (non-hydrogen) atoms. The first-order valence-electron chi connectivity index (χ1n) is 1.59. The average Bonchev–Trinajstić information content (AvgIpc) is 1.30. The summed E-state index contributed by atoms with van der Waals surface area (Å²) >= 11 is 0. The molecule has 44 valence electrons.